The van der Waals surface area contributed by atoms with Crippen LogP contribution in [-0.2, 0) is 4.74 Å². The van der Waals surface area contributed by atoms with Crippen LogP contribution in [0.15, 0.2) is 11.8 Å². The summed E-state index contributed by atoms with van der Waals surface area (Å²) in [6.45, 7) is 0.875. The van der Waals surface area contributed by atoms with Gasteiger partial charge in [-0.2, -0.15) is 0 Å². The van der Waals surface area contributed by atoms with Crippen molar-refractivity contribution in [1.29, 1.82) is 0 Å². The molecule has 1 saturated carbocycles. The van der Waals surface area contributed by atoms with E-state index in [9.17, 15) is 0 Å². The van der Waals surface area contributed by atoms with Crippen LogP contribution < -0.4 is 5.73 Å². The molecule has 0 spiro atoms. The Morgan fingerprint density at radius 2 is 1.92 bits per heavy atom. The van der Waals surface area contributed by atoms with E-state index in [4.69, 9.17) is 10.5 Å². The van der Waals surface area contributed by atoms with Crippen molar-refractivity contribution in [3.63, 3.8) is 0 Å². The number of rotatable bonds is 1. The Labute approximate surface area is 80.1 Å². The summed E-state index contributed by atoms with van der Waals surface area (Å²) in [4.78, 5) is 0. The molecule has 2 heteroatoms. The first-order chi connectivity index (χ1) is 6.31. The number of hydrogen-bond acceptors (Lipinski definition) is 2. The van der Waals surface area contributed by atoms with Crippen molar-refractivity contribution in [2.75, 3.05) is 6.61 Å². The van der Waals surface area contributed by atoms with Crippen molar-refractivity contribution in [3.8, 4) is 0 Å². The smallest absolute Gasteiger partial charge is 0.0876 e. The number of hydrogen-bond donors (Lipinski definition) is 1. The lowest BCUT2D eigenvalue weighted by atomic mass is 9.76. The van der Waals surface area contributed by atoms with E-state index in [-0.39, 0.29) is 5.54 Å². The molecule has 0 unspecified atom stereocenters. The molecule has 1 fully saturated rings. The van der Waals surface area contributed by atoms with Gasteiger partial charge >= 0.3 is 0 Å². The van der Waals surface area contributed by atoms with Crippen LogP contribution in [-0.4, -0.2) is 12.1 Å². The van der Waals surface area contributed by atoms with E-state index in [0.29, 0.717) is 0 Å². The molecular weight excluding hydrogens is 162 g/mol. The molecule has 2 N–H and O–H groups in total. The molecule has 0 aromatic carbocycles. The molecule has 1 aliphatic heterocycles. The van der Waals surface area contributed by atoms with Crippen LogP contribution in [0.2, 0.25) is 0 Å². The van der Waals surface area contributed by atoms with Gasteiger partial charge in [-0.1, -0.05) is 19.3 Å². The fourth-order valence-corrected chi connectivity index (χ4v) is 2.43. The third-order valence-electron chi connectivity index (χ3n) is 3.32. The fraction of sp³-hybridized carbons (Fsp3) is 0.818. The molecule has 74 valence electrons. The lowest BCUT2D eigenvalue weighted by Crippen LogP contribution is -2.44. The first kappa shape index (κ1) is 9.07. The summed E-state index contributed by atoms with van der Waals surface area (Å²) in [5.74, 6) is 0. The first-order valence-corrected chi connectivity index (χ1v) is 5.41. The van der Waals surface area contributed by atoms with Crippen LogP contribution in [0.1, 0.15) is 44.9 Å². The van der Waals surface area contributed by atoms with E-state index in [1.165, 1.54) is 24.8 Å². The lowest BCUT2D eigenvalue weighted by Gasteiger charge is -2.36. The largest absolute Gasteiger partial charge is 0.501 e. The van der Waals surface area contributed by atoms with Gasteiger partial charge in [-0.05, 0) is 31.3 Å². The third kappa shape index (κ3) is 1.88. The molecule has 0 radical (unpaired) electrons. The lowest BCUT2D eigenvalue weighted by molar-refractivity contribution is 0.205. The SMILES string of the molecule is NC1(C2=COCCC2)CCCCC1. The molecular formula is C11H19NO. The van der Waals surface area contributed by atoms with E-state index in [0.717, 1.165) is 32.3 Å². The Morgan fingerprint density at radius 1 is 1.15 bits per heavy atom. The molecule has 1 heterocycles. The standard InChI is InChI=1S/C11H19NO/c12-11(6-2-1-3-7-11)10-5-4-8-13-9-10/h9H,1-8,12H2. The van der Waals surface area contributed by atoms with Gasteiger partial charge in [0, 0.05) is 5.54 Å². The minimum absolute atomic E-state index is 0.0152. The van der Waals surface area contributed by atoms with Gasteiger partial charge in [0.15, 0.2) is 0 Å². The van der Waals surface area contributed by atoms with Gasteiger partial charge in [0.2, 0.25) is 0 Å². The second kappa shape index (κ2) is 3.70. The van der Waals surface area contributed by atoms with Crippen LogP contribution in [0, 0.1) is 0 Å². The Balaban J connectivity index is 2.07. The quantitative estimate of drug-likeness (QED) is 0.674. The van der Waals surface area contributed by atoms with Gasteiger partial charge in [0.1, 0.15) is 0 Å². The number of ether oxygens (including phenoxy) is 1. The minimum Gasteiger partial charge on any atom is -0.501 e. The van der Waals surface area contributed by atoms with E-state index in [1.807, 2.05) is 6.26 Å². The van der Waals surface area contributed by atoms with Crippen molar-refractivity contribution in [2.24, 2.45) is 5.73 Å². The molecule has 2 nitrogen and oxygen atoms in total. The second-order valence-corrected chi connectivity index (χ2v) is 4.33. The van der Waals surface area contributed by atoms with Gasteiger partial charge in [0.05, 0.1) is 12.9 Å². The molecule has 0 saturated heterocycles. The summed E-state index contributed by atoms with van der Waals surface area (Å²) in [6, 6.07) is 0. The summed E-state index contributed by atoms with van der Waals surface area (Å²) in [5.41, 5.74) is 7.73. The van der Waals surface area contributed by atoms with Crippen molar-refractivity contribution < 1.29 is 4.74 Å². The van der Waals surface area contributed by atoms with Gasteiger partial charge in [0.25, 0.3) is 0 Å². The maximum Gasteiger partial charge on any atom is 0.0876 e. The van der Waals surface area contributed by atoms with E-state index < -0.39 is 0 Å². The van der Waals surface area contributed by atoms with Gasteiger partial charge in [-0.15, -0.1) is 0 Å². The third-order valence-corrected chi connectivity index (χ3v) is 3.32. The highest BCUT2D eigenvalue weighted by atomic mass is 16.5. The maximum atomic E-state index is 6.39. The van der Waals surface area contributed by atoms with Crippen molar-refractivity contribution >= 4 is 0 Å². The van der Waals surface area contributed by atoms with Crippen LogP contribution in [0.5, 0.6) is 0 Å². The van der Waals surface area contributed by atoms with Gasteiger partial charge < -0.3 is 10.5 Å². The molecule has 0 aromatic rings. The Kier molecular flexibility index (Phi) is 2.58. The average molecular weight is 181 g/mol. The summed E-state index contributed by atoms with van der Waals surface area (Å²) < 4.78 is 5.36. The molecule has 0 amide bonds. The molecule has 0 bridgehead atoms. The van der Waals surface area contributed by atoms with E-state index in [1.54, 1.807) is 0 Å². The van der Waals surface area contributed by atoms with Gasteiger partial charge in [-0.25, -0.2) is 0 Å². The Hall–Kier alpha value is -0.500. The van der Waals surface area contributed by atoms with Crippen LogP contribution in [0.4, 0.5) is 0 Å². The molecule has 0 aromatic heterocycles. The molecule has 0 atom stereocenters. The zero-order valence-electron chi connectivity index (χ0n) is 8.22. The topological polar surface area (TPSA) is 35.2 Å². The predicted molar refractivity (Wildman–Crippen MR) is 53.3 cm³/mol. The summed E-state index contributed by atoms with van der Waals surface area (Å²) in [5, 5.41) is 0. The highest BCUT2D eigenvalue weighted by molar-refractivity contribution is 5.19. The Morgan fingerprint density at radius 3 is 2.54 bits per heavy atom. The van der Waals surface area contributed by atoms with Crippen LogP contribution in [0.25, 0.3) is 0 Å². The normalized spacial score (nSPS) is 27.6. The summed E-state index contributed by atoms with van der Waals surface area (Å²) in [7, 11) is 0. The fourth-order valence-electron chi connectivity index (χ4n) is 2.43. The highest BCUT2D eigenvalue weighted by Gasteiger charge is 2.32. The van der Waals surface area contributed by atoms with Gasteiger partial charge in [-0.3, -0.25) is 0 Å². The zero-order chi connectivity index (χ0) is 9.15. The molecule has 2 aliphatic rings. The Bertz CT molecular complexity index is 204. The predicted octanol–water partition coefficient (Wildman–Crippen LogP) is 2.34. The zero-order valence-corrected chi connectivity index (χ0v) is 8.22. The van der Waals surface area contributed by atoms with E-state index >= 15 is 0 Å². The average Bonchev–Trinajstić information content (AvgIpc) is 2.20. The van der Waals surface area contributed by atoms with E-state index in [2.05, 4.69) is 0 Å². The minimum atomic E-state index is -0.0152. The second-order valence-electron chi connectivity index (χ2n) is 4.33. The highest BCUT2D eigenvalue weighted by Crippen LogP contribution is 2.35. The monoisotopic (exact) mass is 181 g/mol. The van der Waals surface area contributed by atoms with Crippen molar-refractivity contribution in [2.45, 2.75) is 50.5 Å². The van der Waals surface area contributed by atoms with Crippen molar-refractivity contribution in [1.82, 2.24) is 0 Å². The van der Waals surface area contributed by atoms with Crippen molar-refractivity contribution in [3.05, 3.63) is 11.8 Å². The molecule has 13 heavy (non-hydrogen) atoms. The molecule has 1 aliphatic carbocycles. The summed E-state index contributed by atoms with van der Waals surface area (Å²) >= 11 is 0. The maximum absolute atomic E-state index is 6.39. The summed E-state index contributed by atoms with van der Waals surface area (Å²) in [6.07, 6.45) is 10.5. The number of nitrogens with two attached hydrogens (primary N) is 1. The van der Waals surface area contributed by atoms with Crippen LogP contribution >= 0.6 is 0 Å². The first-order valence-electron chi connectivity index (χ1n) is 5.41. The molecule has 2 rings (SSSR count). The van der Waals surface area contributed by atoms with Crippen LogP contribution in [0.3, 0.4) is 0 Å².